The van der Waals surface area contributed by atoms with Gasteiger partial charge in [-0.3, -0.25) is 4.79 Å². The summed E-state index contributed by atoms with van der Waals surface area (Å²) in [7, 11) is 1.65. The Labute approximate surface area is 124 Å². The lowest BCUT2D eigenvalue weighted by Crippen LogP contribution is -2.33. The molecule has 0 aliphatic heterocycles. The quantitative estimate of drug-likeness (QED) is 0.854. The van der Waals surface area contributed by atoms with Crippen LogP contribution < -0.4 is 11.1 Å². The molecule has 2 aromatic rings. The number of amides is 1. The smallest absolute Gasteiger partial charge is 0.241 e. The lowest BCUT2D eigenvalue weighted by atomic mass is 10.1. The molecule has 1 amide bonds. The van der Waals surface area contributed by atoms with Crippen molar-refractivity contribution >= 4 is 5.91 Å². The lowest BCUT2D eigenvalue weighted by molar-refractivity contribution is -0.122. The van der Waals surface area contributed by atoms with E-state index in [-0.39, 0.29) is 5.91 Å². The molecule has 0 radical (unpaired) electrons. The second kappa shape index (κ2) is 7.57. The Morgan fingerprint density at radius 1 is 1.10 bits per heavy atom. The van der Waals surface area contributed by atoms with Gasteiger partial charge in [-0.15, -0.1) is 0 Å². The molecule has 0 unspecified atom stereocenters. The fourth-order valence-electron chi connectivity index (χ4n) is 2.13. The normalized spacial score (nSPS) is 11.9. The van der Waals surface area contributed by atoms with Crippen LogP contribution in [0.5, 0.6) is 0 Å². The molecule has 3 N–H and O–H groups in total. The molecule has 2 aromatic carbocycles. The van der Waals surface area contributed by atoms with E-state index < -0.39 is 6.04 Å². The summed E-state index contributed by atoms with van der Waals surface area (Å²) in [6.07, 6.45) is 0. The SMILES string of the molecule is COCc1ccccc1CNC(=O)[C@H](N)c1ccccc1. The van der Waals surface area contributed by atoms with Crippen LogP contribution in [-0.4, -0.2) is 13.0 Å². The first-order valence-corrected chi connectivity index (χ1v) is 6.86. The van der Waals surface area contributed by atoms with Crippen LogP contribution in [0.1, 0.15) is 22.7 Å². The number of nitrogens with two attached hydrogens (primary N) is 1. The third kappa shape index (κ3) is 4.15. The third-order valence-corrected chi connectivity index (χ3v) is 3.31. The summed E-state index contributed by atoms with van der Waals surface area (Å²) < 4.78 is 5.15. The fraction of sp³-hybridized carbons (Fsp3) is 0.235. The van der Waals surface area contributed by atoms with Crippen LogP contribution in [0.15, 0.2) is 54.6 Å². The highest BCUT2D eigenvalue weighted by Crippen LogP contribution is 2.12. The summed E-state index contributed by atoms with van der Waals surface area (Å²) in [6, 6.07) is 16.5. The summed E-state index contributed by atoms with van der Waals surface area (Å²) in [4.78, 5) is 12.1. The van der Waals surface area contributed by atoms with Crippen molar-refractivity contribution in [3.05, 3.63) is 71.3 Å². The topological polar surface area (TPSA) is 64.3 Å². The van der Waals surface area contributed by atoms with E-state index in [9.17, 15) is 4.79 Å². The number of benzene rings is 2. The van der Waals surface area contributed by atoms with E-state index in [1.165, 1.54) is 0 Å². The summed E-state index contributed by atoms with van der Waals surface area (Å²) >= 11 is 0. The highest BCUT2D eigenvalue weighted by Gasteiger charge is 2.15. The maximum atomic E-state index is 12.1. The minimum Gasteiger partial charge on any atom is -0.380 e. The molecule has 110 valence electrons. The largest absolute Gasteiger partial charge is 0.380 e. The van der Waals surface area contributed by atoms with Gasteiger partial charge in [0.25, 0.3) is 0 Å². The zero-order valence-corrected chi connectivity index (χ0v) is 12.1. The van der Waals surface area contributed by atoms with E-state index in [0.717, 1.165) is 16.7 Å². The van der Waals surface area contributed by atoms with Gasteiger partial charge >= 0.3 is 0 Å². The minimum atomic E-state index is -0.652. The Bertz CT molecular complexity index is 584. The second-order valence-corrected chi connectivity index (χ2v) is 4.81. The number of carbonyl (C=O) groups is 1. The third-order valence-electron chi connectivity index (χ3n) is 3.31. The van der Waals surface area contributed by atoms with Crippen LogP contribution >= 0.6 is 0 Å². The molecular weight excluding hydrogens is 264 g/mol. The molecule has 0 aromatic heterocycles. The molecule has 4 nitrogen and oxygen atoms in total. The Morgan fingerprint density at radius 2 is 1.71 bits per heavy atom. The number of methoxy groups -OCH3 is 1. The zero-order valence-electron chi connectivity index (χ0n) is 12.1. The molecule has 0 fully saturated rings. The highest BCUT2D eigenvalue weighted by atomic mass is 16.5. The van der Waals surface area contributed by atoms with Crippen LogP contribution in [0.3, 0.4) is 0 Å². The minimum absolute atomic E-state index is 0.187. The molecule has 4 heteroatoms. The van der Waals surface area contributed by atoms with Crippen molar-refractivity contribution in [2.24, 2.45) is 5.73 Å². The van der Waals surface area contributed by atoms with Gasteiger partial charge in [0.2, 0.25) is 5.91 Å². The average molecular weight is 284 g/mol. The molecule has 0 aliphatic rings. The Morgan fingerprint density at radius 3 is 2.38 bits per heavy atom. The first-order chi connectivity index (χ1) is 10.2. The van der Waals surface area contributed by atoms with Crippen molar-refractivity contribution in [1.82, 2.24) is 5.32 Å². The van der Waals surface area contributed by atoms with Crippen molar-refractivity contribution in [3.8, 4) is 0 Å². The number of carbonyl (C=O) groups excluding carboxylic acids is 1. The summed E-state index contributed by atoms with van der Waals surface area (Å²) in [6.45, 7) is 0.968. The lowest BCUT2D eigenvalue weighted by Gasteiger charge is -2.14. The number of hydrogen-bond donors (Lipinski definition) is 2. The van der Waals surface area contributed by atoms with Crippen LogP contribution in [0.25, 0.3) is 0 Å². The van der Waals surface area contributed by atoms with E-state index in [1.54, 1.807) is 7.11 Å². The van der Waals surface area contributed by atoms with Crippen molar-refractivity contribution in [3.63, 3.8) is 0 Å². The molecule has 0 heterocycles. The van der Waals surface area contributed by atoms with Crippen LogP contribution in [0, 0.1) is 0 Å². The van der Waals surface area contributed by atoms with Crippen molar-refractivity contribution in [2.75, 3.05) is 7.11 Å². The van der Waals surface area contributed by atoms with Crippen molar-refractivity contribution in [2.45, 2.75) is 19.2 Å². The molecule has 0 saturated carbocycles. The molecule has 1 atom stereocenters. The van der Waals surface area contributed by atoms with Crippen LogP contribution in [-0.2, 0) is 22.7 Å². The van der Waals surface area contributed by atoms with Crippen LogP contribution in [0.4, 0.5) is 0 Å². The highest BCUT2D eigenvalue weighted by molar-refractivity contribution is 5.82. The van der Waals surface area contributed by atoms with Crippen LogP contribution in [0.2, 0.25) is 0 Å². The molecule has 2 rings (SSSR count). The van der Waals surface area contributed by atoms with Gasteiger partial charge in [0.05, 0.1) is 6.61 Å². The van der Waals surface area contributed by atoms with Gasteiger partial charge in [0.15, 0.2) is 0 Å². The Balaban J connectivity index is 1.98. The first-order valence-electron chi connectivity index (χ1n) is 6.86. The molecule has 0 bridgehead atoms. The number of rotatable bonds is 6. The molecular formula is C17H20N2O2. The fourth-order valence-corrected chi connectivity index (χ4v) is 2.13. The molecule has 0 spiro atoms. The second-order valence-electron chi connectivity index (χ2n) is 4.81. The van der Waals surface area contributed by atoms with E-state index in [4.69, 9.17) is 10.5 Å². The predicted molar refractivity (Wildman–Crippen MR) is 82.4 cm³/mol. The Kier molecular flexibility index (Phi) is 5.49. The standard InChI is InChI=1S/C17H20N2O2/c1-21-12-15-10-6-5-9-14(15)11-19-17(20)16(18)13-7-3-2-4-8-13/h2-10,16H,11-12,18H2,1H3,(H,19,20)/t16-/m1/s1. The predicted octanol–water partition coefficient (Wildman–Crippen LogP) is 2.15. The summed E-state index contributed by atoms with van der Waals surface area (Å²) in [5.74, 6) is -0.187. The number of ether oxygens (including phenoxy) is 1. The maximum absolute atomic E-state index is 12.1. The Hall–Kier alpha value is -2.17. The summed E-state index contributed by atoms with van der Waals surface area (Å²) in [5.41, 5.74) is 8.87. The van der Waals surface area contributed by atoms with Gasteiger partial charge in [0, 0.05) is 13.7 Å². The van der Waals surface area contributed by atoms with E-state index >= 15 is 0 Å². The zero-order chi connectivity index (χ0) is 15.1. The number of hydrogen-bond acceptors (Lipinski definition) is 3. The molecule has 0 aliphatic carbocycles. The van der Waals surface area contributed by atoms with Gasteiger partial charge in [-0.25, -0.2) is 0 Å². The molecule has 0 saturated heterocycles. The van der Waals surface area contributed by atoms with Gasteiger partial charge in [-0.05, 0) is 16.7 Å². The first kappa shape index (κ1) is 15.2. The van der Waals surface area contributed by atoms with Gasteiger partial charge in [0.1, 0.15) is 6.04 Å². The average Bonchev–Trinajstić information content (AvgIpc) is 2.54. The molecule has 21 heavy (non-hydrogen) atoms. The monoisotopic (exact) mass is 284 g/mol. The number of nitrogens with one attached hydrogen (secondary N) is 1. The summed E-state index contributed by atoms with van der Waals surface area (Å²) in [5, 5.41) is 2.88. The maximum Gasteiger partial charge on any atom is 0.241 e. The van der Waals surface area contributed by atoms with Gasteiger partial charge in [-0.2, -0.15) is 0 Å². The van der Waals surface area contributed by atoms with Crippen molar-refractivity contribution in [1.29, 1.82) is 0 Å². The van der Waals surface area contributed by atoms with E-state index in [0.29, 0.717) is 13.2 Å². The van der Waals surface area contributed by atoms with Gasteiger partial charge in [-0.1, -0.05) is 54.6 Å². The van der Waals surface area contributed by atoms with Gasteiger partial charge < -0.3 is 15.8 Å². The van der Waals surface area contributed by atoms with Crippen molar-refractivity contribution < 1.29 is 9.53 Å². The van der Waals surface area contributed by atoms with E-state index in [2.05, 4.69) is 5.32 Å². The van der Waals surface area contributed by atoms with E-state index in [1.807, 2.05) is 54.6 Å².